The summed E-state index contributed by atoms with van der Waals surface area (Å²) in [6, 6.07) is 5.14. The van der Waals surface area contributed by atoms with Crippen molar-refractivity contribution < 1.29 is 4.39 Å². The molecule has 1 aromatic carbocycles. The molecule has 0 amide bonds. The number of fused-ring (bicyclic) bond motifs is 3. The molecule has 2 fully saturated rings. The monoisotopic (exact) mass is 245 g/mol. The summed E-state index contributed by atoms with van der Waals surface area (Å²) in [5, 5.41) is 0. The third kappa shape index (κ3) is 1.32. The Morgan fingerprint density at radius 2 is 2.17 bits per heavy atom. The number of rotatable bonds is 1. The highest BCUT2D eigenvalue weighted by Gasteiger charge is 2.41. The van der Waals surface area contributed by atoms with Crippen molar-refractivity contribution >= 4 is 17.0 Å². The highest BCUT2D eigenvalue weighted by atomic mass is 19.1. The molecule has 1 aromatic heterocycles. The molecule has 18 heavy (non-hydrogen) atoms. The summed E-state index contributed by atoms with van der Waals surface area (Å²) < 4.78 is 15.5. The predicted octanol–water partition coefficient (Wildman–Crippen LogP) is 3.12. The largest absolute Gasteiger partial charge is 0.369 e. The predicted molar refractivity (Wildman–Crippen MR) is 68.6 cm³/mol. The van der Waals surface area contributed by atoms with Crippen LogP contribution in [0.2, 0.25) is 0 Å². The van der Waals surface area contributed by atoms with Gasteiger partial charge in [-0.25, -0.2) is 9.37 Å². The van der Waals surface area contributed by atoms with Crippen LogP contribution in [0.1, 0.15) is 31.7 Å². The Morgan fingerprint density at radius 1 is 1.28 bits per heavy atom. The maximum atomic E-state index is 13.4. The van der Waals surface area contributed by atoms with Gasteiger partial charge in [-0.15, -0.1) is 0 Å². The maximum absolute atomic E-state index is 13.4. The first-order chi connectivity index (χ1) is 8.72. The van der Waals surface area contributed by atoms with Crippen molar-refractivity contribution in [2.45, 2.75) is 31.7 Å². The first-order valence-electron chi connectivity index (χ1n) is 6.65. The Morgan fingerprint density at radius 3 is 2.89 bits per heavy atom. The number of imidazole rings is 1. The van der Waals surface area contributed by atoms with Gasteiger partial charge < -0.3 is 10.3 Å². The van der Waals surface area contributed by atoms with Crippen LogP contribution in [0.5, 0.6) is 0 Å². The van der Waals surface area contributed by atoms with Crippen LogP contribution in [0.15, 0.2) is 18.2 Å². The van der Waals surface area contributed by atoms with Gasteiger partial charge in [-0.1, -0.05) is 6.42 Å². The van der Waals surface area contributed by atoms with E-state index in [1.807, 2.05) is 0 Å². The van der Waals surface area contributed by atoms with Crippen LogP contribution in [-0.2, 0) is 0 Å². The van der Waals surface area contributed by atoms with E-state index in [2.05, 4.69) is 9.55 Å². The number of hydrogen-bond acceptors (Lipinski definition) is 2. The molecule has 94 valence electrons. The summed E-state index contributed by atoms with van der Waals surface area (Å²) in [4.78, 5) is 4.36. The first kappa shape index (κ1) is 10.4. The van der Waals surface area contributed by atoms with Crippen molar-refractivity contribution in [2.24, 2.45) is 11.8 Å². The van der Waals surface area contributed by atoms with Crippen LogP contribution in [0, 0.1) is 17.7 Å². The van der Waals surface area contributed by atoms with Crippen molar-refractivity contribution in [3.63, 3.8) is 0 Å². The quantitative estimate of drug-likeness (QED) is 0.838. The van der Waals surface area contributed by atoms with E-state index in [4.69, 9.17) is 5.73 Å². The van der Waals surface area contributed by atoms with Crippen LogP contribution in [0.3, 0.4) is 0 Å². The molecule has 3 atom stereocenters. The number of nitrogens with zero attached hydrogens (tertiary/aromatic N) is 2. The molecule has 3 nitrogen and oxygen atoms in total. The zero-order chi connectivity index (χ0) is 12.3. The number of anilines is 1. The Labute approximate surface area is 105 Å². The molecule has 2 aromatic rings. The minimum atomic E-state index is -0.216. The van der Waals surface area contributed by atoms with Gasteiger partial charge in [0, 0.05) is 6.04 Å². The first-order valence-corrected chi connectivity index (χ1v) is 6.65. The molecule has 2 bridgehead atoms. The maximum Gasteiger partial charge on any atom is 0.201 e. The summed E-state index contributed by atoms with van der Waals surface area (Å²) >= 11 is 0. The highest BCUT2D eigenvalue weighted by Crippen LogP contribution is 2.51. The topological polar surface area (TPSA) is 43.8 Å². The summed E-state index contributed by atoms with van der Waals surface area (Å²) in [6.07, 6.45) is 5.11. The third-order valence-electron chi connectivity index (χ3n) is 4.71. The lowest BCUT2D eigenvalue weighted by Gasteiger charge is -2.24. The Balaban J connectivity index is 1.88. The molecule has 2 saturated carbocycles. The minimum Gasteiger partial charge on any atom is -0.369 e. The fourth-order valence-corrected chi connectivity index (χ4v) is 3.96. The molecule has 2 aliphatic rings. The SMILES string of the molecule is Nc1nc2ccc(F)cc2n1C1CC2CCC1C2. The number of hydrogen-bond donors (Lipinski definition) is 1. The van der Waals surface area contributed by atoms with E-state index in [1.54, 1.807) is 12.1 Å². The van der Waals surface area contributed by atoms with Crippen LogP contribution >= 0.6 is 0 Å². The normalized spacial score (nSPS) is 30.4. The van der Waals surface area contributed by atoms with E-state index in [0.717, 1.165) is 17.0 Å². The zero-order valence-electron chi connectivity index (χ0n) is 10.1. The average molecular weight is 245 g/mol. The minimum absolute atomic E-state index is 0.216. The molecule has 0 spiro atoms. The standard InChI is InChI=1S/C14H16FN3/c15-10-3-4-11-13(7-10)18(14(16)17-11)12-6-8-1-2-9(12)5-8/h3-4,7-9,12H,1-2,5-6H2,(H2,16,17). The molecule has 0 saturated heterocycles. The van der Waals surface area contributed by atoms with Crippen molar-refractivity contribution in [1.29, 1.82) is 0 Å². The molecule has 2 aliphatic carbocycles. The average Bonchev–Trinajstić information content (AvgIpc) is 3.01. The highest BCUT2D eigenvalue weighted by molar-refractivity contribution is 5.78. The molecule has 2 N–H and O–H groups in total. The lowest BCUT2D eigenvalue weighted by Crippen LogP contribution is -2.17. The Hall–Kier alpha value is -1.58. The molecular weight excluding hydrogens is 229 g/mol. The summed E-state index contributed by atoms with van der Waals surface area (Å²) in [6.45, 7) is 0. The van der Waals surface area contributed by atoms with Gasteiger partial charge in [0.1, 0.15) is 5.82 Å². The lowest BCUT2D eigenvalue weighted by atomic mass is 9.95. The van der Waals surface area contributed by atoms with Crippen LogP contribution < -0.4 is 5.73 Å². The molecule has 4 heteroatoms. The van der Waals surface area contributed by atoms with Gasteiger partial charge in [0.15, 0.2) is 0 Å². The van der Waals surface area contributed by atoms with E-state index in [-0.39, 0.29) is 5.82 Å². The van der Waals surface area contributed by atoms with Crippen molar-refractivity contribution in [3.8, 4) is 0 Å². The second-order valence-corrected chi connectivity index (χ2v) is 5.72. The fourth-order valence-electron chi connectivity index (χ4n) is 3.96. The second kappa shape index (κ2) is 3.46. The van der Waals surface area contributed by atoms with Crippen LogP contribution in [-0.4, -0.2) is 9.55 Å². The van der Waals surface area contributed by atoms with E-state index in [0.29, 0.717) is 17.9 Å². The van der Waals surface area contributed by atoms with Crippen molar-refractivity contribution in [3.05, 3.63) is 24.0 Å². The Bertz CT molecular complexity index is 619. The van der Waals surface area contributed by atoms with Gasteiger partial charge in [0.05, 0.1) is 11.0 Å². The van der Waals surface area contributed by atoms with Crippen molar-refractivity contribution in [2.75, 3.05) is 5.73 Å². The molecular formula is C14H16FN3. The molecule has 4 rings (SSSR count). The molecule has 1 heterocycles. The molecule has 0 radical (unpaired) electrons. The van der Waals surface area contributed by atoms with Gasteiger partial charge in [-0.2, -0.15) is 0 Å². The van der Waals surface area contributed by atoms with Gasteiger partial charge in [-0.05, 0) is 49.3 Å². The van der Waals surface area contributed by atoms with Gasteiger partial charge in [0.2, 0.25) is 5.95 Å². The van der Waals surface area contributed by atoms with E-state index >= 15 is 0 Å². The zero-order valence-corrected chi connectivity index (χ0v) is 10.1. The smallest absolute Gasteiger partial charge is 0.201 e. The molecule has 0 aliphatic heterocycles. The number of benzene rings is 1. The number of nitrogen functional groups attached to an aromatic ring is 1. The lowest BCUT2D eigenvalue weighted by molar-refractivity contribution is 0.339. The second-order valence-electron chi connectivity index (χ2n) is 5.72. The fraction of sp³-hybridized carbons (Fsp3) is 0.500. The summed E-state index contributed by atoms with van der Waals surface area (Å²) in [5.41, 5.74) is 7.70. The summed E-state index contributed by atoms with van der Waals surface area (Å²) in [5.74, 6) is 1.86. The van der Waals surface area contributed by atoms with Crippen LogP contribution in [0.4, 0.5) is 10.3 Å². The van der Waals surface area contributed by atoms with E-state index in [9.17, 15) is 4.39 Å². The number of halogens is 1. The van der Waals surface area contributed by atoms with Gasteiger partial charge >= 0.3 is 0 Å². The van der Waals surface area contributed by atoms with Crippen molar-refractivity contribution in [1.82, 2.24) is 9.55 Å². The van der Waals surface area contributed by atoms with Crippen LogP contribution in [0.25, 0.3) is 11.0 Å². The molecule has 3 unspecified atom stereocenters. The third-order valence-corrected chi connectivity index (χ3v) is 4.71. The van der Waals surface area contributed by atoms with Gasteiger partial charge in [0.25, 0.3) is 0 Å². The van der Waals surface area contributed by atoms with E-state index in [1.165, 1.54) is 31.7 Å². The van der Waals surface area contributed by atoms with E-state index < -0.39 is 0 Å². The number of nitrogens with two attached hydrogens (primary N) is 1. The number of aromatic nitrogens is 2. The van der Waals surface area contributed by atoms with Gasteiger partial charge in [-0.3, -0.25) is 0 Å². The Kier molecular flexibility index (Phi) is 1.99. The summed E-state index contributed by atoms with van der Waals surface area (Å²) in [7, 11) is 0.